The van der Waals surface area contributed by atoms with Gasteiger partial charge in [0.15, 0.2) is 11.6 Å². The van der Waals surface area contributed by atoms with E-state index in [2.05, 4.69) is 22.2 Å². The van der Waals surface area contributed by atoms with Crippen LogP contribution >= 0.6 is 0 Å². The van der Waals surface area contributed by atoms with Gasteiger partial charge < -0.3 is 11.1 Å². The molecule has 1 aromatic rings. The minimum absolute atomic E-state index is 0.0996. The third-order valence-corrected chi connectivity index (χ3v) is 3.23. The Kier molecular flexibility index (Phi) is 3.22. The molecule has 5 heteroatoms. The summed E-state index contributed by atoms with van der Waals surface area (Å²) in [5.74, 6) is 0.476. The van der Waals surface area contributed by atoms with E-state index in [0.717, 1.165) is 6.20 Å². The molecule has 16 heavy (non-hydrogen) atoms. The van der Waals surface area contributed by atoms with Gasteiger partial charge in [0.05, 0.1) is 6.20 Å². The number of halogens is 1. The summed E-state index contributed by atoms with van der Waals surface area (Å²) in [6, 6.07) is 0.228. The van der Waals surface area contributed by atoms with Gasteiger partial charge in [0.2, 0.25) is 5.95 Å². The zero-order chi connectivity index (χ0) is 11.5. The van der Waals surface area contributed by atoms with Crippen molar-refractivity contribution in [3.8, 4) is 0 Å². The van der Waals surface area contributed by atoms with Crippen LogP contribution in [0.25, 0.3) is 0 Å². The lowest BCUT2D eigenvalue weighted by Crippen LogP contribution is -2.25. The van der Waals surface area contributed by atoms with E-state index in [4.69, 9.17) is 5.73 Å². The predicted octanol–water partition coefficient (Wildman–Crippen LogP) is 2.19. The Labute approximate surface area is 94.5 Å². The molecular weight excluding hydrogens is 207 g/mol. The van der Waals surface area contributed by atoms with Crippen molar-refractivity contribution in [2.45, 2.75) is 38.6 Å². The number of hydrogen-bond donors (Lipinski definition) is 2. The van der Waals surface area contributed by atoms with E-state index in [1.54, 1.807) is 0 Å². The highest BCUT2D eigenvalue weighted by Crippen LogP contribution is 2.29. The van der Waals surface area contributed by atoms with E-state index in [1.807, 2.05) is 0 Å². The summed E-state index contributed by atoms with van der Waals surface area (Å²) in [5.41, 5.74) is 5.43. The van der Waals surface area contributed by atoms with Crippen molar-refractivity contribution in [3.63, 3.8) is 0 Å². The van der Waals surface area contributed by atoms with Gasteiger partial charge in [0, 0.05) is 6.04 Å². The van der Waals surface area contributed by atoms with Gasteiger partial charge in [-0.05, 0) is 25.7 Å². The van der Waals surface area contributed by atoms with E-state index in [0.29, 0.717) is 5.92 Å². The van der Waals surface area contributed by atoms with Gasteiger partial charge in [-0.2, -0.15) is 4.98 Å². The van der Waals surface area contributed by atoms with E-state index in [1.165, 1.54) is 25.7 Å². The minimum atomic E-state index is -0.445. The summed E-state index contributed by atoms with van der Waals surface area (Å²) in [7, 11) is 0. The van der Waals surface area contributed by atoms with Gasteiger partial charge in [-0.25, -0.2) is 9.37 Å². The van der Waals surface area contributed by atoms with Crippen LogP contribution in [-0.2, 0) is 0 Å². The summed E-state index contributed by atoms with van der Waals surface area (Å²) < 4.78 is 13.4. The van der Waals surface area contributed by atoms with Crippen LogP contribution in [0.5, 0.6) is 0 Å². The molecule has 1 aliphatic rings. The molecule has 2 rings (SSSR count). The van der Waals surface area contributed by atoms with Crippen LogP contribution < -0.4 is 11.1 Å². The largest absolute Gasteiger partial charge is 0.368 e. The molecule has 0 amide bonds. The molecule has 0 bridgehead atoms. The van der Waals surface area contributed by atoms with Crippen LogP contribution in [0.1, 0.15) is 32.6 Å². The zero-order valence-corrected chi connectivity index (χ0v) is 9.41. The highest BCUT2D eigenvalue weighted by atomic mass is 19.1. The normalized spacial score (nSPS) is 18.6. The molecule has 0 spiro atoms. The lowest BCUT2D eigenvalue weighted by Gasteiger charge is -2.21. The Morgan fingerprint density at radius 2 is 2.19 bits per heavy atom. The van der Waals surface area contributed by atoms with Crippen LogP contribution in [0.4, 0.5) is 16.2 Å². The lowest BCUT2D eigenvalue weighted by atomic mass is 10.00. The summed E-state index contributed by atoms with van der Waals surface area (Å²) in [6.45, 7) is 2.06. The zero-order valence-electron chi connectivity index (χ0n) is 9.41. The van der Waals surface area contributed by atoms with Gasteiger partial charge >= 0.3 is 0 Å². The van der Waals surface area contributed by atoms with Crippen molar-refractivity contribution < 1.29 is 4.39 Å². The molecule has 0 saturated heterocycles. The van der Waals surface area contributed by atoms with Crippen LogP contribution in [-0.4, -0.2) is 16.0 Å². The Bertz CT molecular complexity index is 363. The van der Waals surface area contributed by atoms with Crippen LogP contribution in [0, 0.1) is 11.7 Å². The Balaban J connectivity index is 2.04. The molecule has 4 nitrogen and oxygen atoms in total. The van der Waals surface area contributed by atoms with Gasteiger partial charge in [-0.3, -0.25) is 0 Å². The molecule has 88 valence electrons. The van der Waals surface area contributed by atoms with Crippen molar-refractivity contribution >= 4 is 11.8 Å². The Hall–Kier alpha value is -1.39. The number of hydrogen-bond acceptors (Lipinski definition) is 4. The second-order valence-electron chi connectivity index (χ2n) is 4.40. The van der Waals surface area contributed by atoms with Gasteiger partial charge in [0.25, 0.3) is 0 Å². The molecule has 0 aliphatic heterocycles. The molecule has 0 aromatic carbocycles. The molecule has 1 fully saturated rings. The molecule has 3 N–H and O–H groups in total. The van der Waals surface area contributed by atoms with Gasteiger partial charge in [-0.1, -0.05) is 12.8 Å². The van der Waals surface area contributed by atoms with Crippen molar-refractivity contribution in [1.29, 1.82) is 0 Å². The summed E-state index contributed by atoms with van der Waals surface area (Å²) >= 11 is 0. The monoisotopic (exact) mass is 224 g/mol. The SMILES string of the molecule is CC(Nc1nc(N)ncc1F)C1CCCC1. The molecule has 1 saturated carbocycles. The Morgan fingerprint density at radius 3 is 2.88 bits per heavy atom. The van der Waals surface area contributed by atoms with Crippen LogP contribution in [0.2, 0.25) is 0 Å². The number of anilines is 2. The van der Waals surface area contributed by atoms with Gasteiger partial charge in [-0.15, -0.1) is 0 Å². The second-order valence-corrected chi connectivity index (χ2v) is 4.40. The quantitative estimate of drug-likeness (QED) is 0.826. The maximum Gasteiger partial charge on any atom is 0.222 e. The molecule has 1 aliphatic carbocycles. The summed E-state index contributed by atoms with van der Waals surface area (Å²) in [5, 5.41) is 3.09. The fourth-order valence-electron chi connectivity index (χ4n) is 2.27. The van der Waals surface area contributed by atoms with Crippen LogP contribution in [0.15, 0.2) is 6.20 Å². The number of nitrogens with zero attached hydrogens (tertiary/aromatic N) is 2. The first-order valence-corrected chi connectivity index (χ1v) is 5.71. The number of nitrogens with two attached hydrogens (primary N) is 1. The second kappa shape index (κ2) is 4.63. The molecular formula is C11H17FN4. The van der Waals surface area contributed by atoms with E-state index < -0.39 is 5.82 Å². The molecule has 1 aromatic heterocycles. The topological polar surface area (TPSA) is 63.8 Å². The summed E-state index contributed by atoms with van der Waals surface area (Å²) in [6.07, 6.45) is 6.05. The first-order valence-electron chi connectivity index (χ1n) is 5.71. The lowest BCUT2D eigenvalue weighted by molar-refractivity contribution is 0.477. The molecule has 1 heterocycles. The van der Waals surface area contributed by atoms with E-state index in [9.17, 15) is 4.39 Å². The smallest absolute Gasteiger partial charge is 0.222 e. The van der Waals surface area contributed by atoms with Crippen LogP contribution in [0.3, 0.4) is 0 Å². The maximum atomic E-state index is 13.4. The fourth-order valence-corrected chi connectivity index (χ4v) is 2.27. The van der Waals surface area contributed by atoms with Crippen molar-refractivity contribution in [3.05, 3.63) is 12.0 Å². The number of aromatic nitrogens is 2. The third-order valence-electron chi connectivity index (χ3n) is 3.23. The number of rotatable bonds is 3. The summed E-state index contributed by atoms with van der Waals surface area (Å²) in [4.78, 5) is 7.46. The fraction of sp³-hybridized carbons (Fsp3) is 0.636. The molecule has 1 unspecified atom stereocenters. The average molecular weight is 224 g/mol. The third kappa shape index (κ3) is 2.40. The first kappa shape index (κ1) is 11.1. The van der Waals surface area contributed by atoms with E-state index in [-0.39, 0.29) is 17.8 Å². The Morgan fingerprint density at radius 1 is 1.50 bits per heavy atom. The minimum Gasteiger partial charge on any atom is -0.368 e. The highest BCUT2D eigenvalue weighted by molar-refractivity contribution is 5.40. The average Bonchev–Trinajstić information content (AvgIpc) is 2.76. The van der Waals surface area contributed by atoms with Crippen molar-refractivity contribution in [1.82, 2.24) is 9.97 Å². The van der Waals surface area contributed by atoms with Crippen molar-refractivity contribution in [2.75, 3.05) is 11.1 Å². The standard InChI is InChI=1S/C11H17FN4/c1-7(8-4-2-3-5-8)15-10-9(12)6-14-11(13)16-10/h6-8H,2-5H2,1H3,(H3,13,14,15,16). The number of nitrogen functional groups attached to an aromatic ring is 1. The van der Waals surface area contributed by atoms with Gasteiger partial charge in [0.1, 0.15) is 0 Å². The van der Waals surface area contributed by atoms with Crippen molar-refractivity contribution in [2.24, 2.45) is 5.92 Å². The van der Waals surface area contributed by atoms with E-state index >= 15 is 0 Å². The number of nitrogens with one attached hydrogen (secondary N) is 1. The predicted molar refractivity (Wildman–Crippen MR) is 61.4 cm³/mol. The maximum absolute atomic E-state index is 13.4. The molecule has 1 atom stereocenters. The highest BCUT2D eigenvalue weighted by Gasteiger charge is 2.22. The molecule has 0 radical (unpaired) electrons. The first-order chi connectivity index (χ1) is 7.66.